The molecule has 1 atom stereocenters. The van der Waals surface area contributed by atoms with Gasteiger partial charge in [0.05, 0.1) is 5.69 Å². The number of anilines is 1. The number of Topliss-reactive ketones (excluding diaryl/α,β-unsaturated/α-hetero) is 1. The third-order valence-corrected chi connectivity index (χ3v) is 3.84. The van der Waals surface area contributed by atoms with E-state index < -0.39 is 29.6 Å². The minimum absolute atomic E-state index is 0.0697. The summed E-state index contributed by atoms with van der Waals surface area (Å²) < 4.78 is 31.5. The van der Waals surface area contributed by atoms with Crippen molar-refractivity contribution in [2.75, 3.05) is 5.32 Å². The highest BCUT2D eigenvalue weighted by molar-refractivity contribution is 6.02. The number of halogens is 2. The van der Waals surface area contributed by atoms with Crippen LogP contribution >= 0.6 is 0 Å². The first kappa shape index (κ1) is 19.3. The number of nitrogens with one attached hydrogen (secondary N) is 2. The molecular weight excluding hydrogens is 346 g/mol. The first-order valence-corrected chi connectivity index (χ1v) is 7.78. The Hall–Kier alpha value is -3.03. The van der Waals surface area contributed by atoms with Crippen molar-refractivity contribution < 1.29 is 27.9 Å². The second-order valence-electron chi connectivity index (χ2n) is 5.84. The van der Waals surface area contributed by atoms with E-state index in [1.807, 2.05) is 0 Å². The lowest BCUT2D eigenvalue weighted by Crippen LogP contribution is -2.30. The first-order chi connectivity index (χ1) is 12.1. The molecule has 0 bridgehead atoms. The molecule has 6 nitrogen and oxygen atoms in total. The molecular formula is C18H18F2N2O4. The van der Waals surface area contributed by atoms with Crippen LogP contribution in [0.5, 0.6) is 0 Å². The molecule has 1 amide bonds. The molecule has 0 aliphatic heterocycles. The lowest BCUT2D eigenvalue weighted by atomic mass is 10.1. The summed E-state index contributed by atoms with van der Waals surface area (Å²) in [7, 11) is 0. The van der Waals surface area contributed by atoms with Crippen LogP contribution in [0.4, 0.5) is 14.5 Å². The largest absolute Gasteiger partial charge is 0.448 e. The summed E-state index contributed by atoms with van der Waals surface area (Å²) in [4.78, 5) is 38.7. The minimum Gasteiger partial charge on any atom is -0.448 e. The zero-order valence-electron chi connectivity index (χ0n) is 14.7. The summed E-state index contributed by atoms with van der Waals surface area (Å²) in [5.41, 5.74) is 1.18. The van der Waals surface area contributed by atoms with Crippen molar-refractivity contribution in [2.45, 2.75) is 33.8 Å². The number of benzene rings is 1. The van der Waals surface area contributed by atoms with Crippen molar-refractivity contribution in [3.63, 3.8) is 0 Å². The topological polar surface area (TPSA) is 88.3 Å². The number of aryl methyl sites for hydroxylation is 1. The number of ether oxygens (including phenoxy) is 1. The highest BCUT2D eigenvalue weighted by Gasteiger charge is 2.25. The van der Waals surface area contributed by atoms with Crippen molar-refractivity contribution in [1.82, 2.24) is 4.98 Å². The molecule has 138 valence electrons. The van der Waals surface area contributed by atoms with Gasteiger partial charge < -0.3 is 15.0 Å². The van der Waals surface area contributed by atoms with E-state index in [0.717, 1.165) is 12.1 Å². The summed E-state index contributed by atoms with van der Waals surface area (Å²) in [6.07, 6.45) is -1.24. The van der Waals surface area contributed by atoms with Gasteiger partial charge in [-0.2, -0.15) is 0 Å². The number of hydrogen-bond acceptors (Lipinski definition) is 4. The smallest absolute Gasteiger partial charge is 0.355 e. The number of hydrogen-bond donors (Lipinski definition) is 2. The summed E-state index contributed by atoms with van der Waals surface area (Å²) >= 11 is 0. The number of carbonyl (C=O) groups is 3. The maximum Gasteiger partial charge on any atom is 0.355 e. The van der Waals surface area contributed by atoms with Gasteiger partial charge in [0.1, 0.15) is 17.3 Å². The molecule has 0 saturated heterocycles. The maximum absolute atomic E-state index is 13.6. The third-order valence-electron chi connectivity index (χ3n) is 3.84. The molecule has 1 aromatic carbocycles. The van der Waals surface area contributed by atoms with Gasteiger partial charge in [-0.1, -0.05) is 0 Å². The molecule has 0 fully saturated rings. The van der Waals surface area contributed by atoms with Crippen LogP contribution in [0, 0.1) is 25.5 Å². The summed E-state index contributed by atoms with van der Waals surface area (Å²) in [6.45, 7) is 5.93. The van der Waals surface area contributed by atoms with Gasteiger partial charge in [0, 0.05) is 17.3 Å². The van der Waals surface area contributed by atoms with E-state index in [2.05, 4.69) is 10.3 Å². The molecule has 2 aromatic rings. The second kappa shape index (κ2) is 7.47. The Kier molecular flexibility index (Phi) is 5.54. The Balaban J connectivity index is 2.10. The van der Waals surface area contributed by atoms with Crippen LogP contribution in [-0.4, -0.2) is 28.7 Å². The van der Waals surface area contributed by atoms with Gasteiger partial charge in [0.25, 0.3) is 5.91 Å². The zero-order valence-corrected chi connectivity index (χ0v) is 14.7. The first-order valence-electron chi connectivity index (χ1n) is 7.78. The molecule has 1 aromatic heterocycles. The highest BCUT2D eigenvalue weighted by atomic mass is 19.1. The molecule has 26 heavy (non-hydrogen) atoms. The molecule has 2 N–H and O–H groups in total. The lowest BCUT2D eigenvalue weighted by Gasteiger charge is -2.14. The molecule has 0 aliphatic rings. The van der Waals surface area contributed by atoms with Crippen molar-refractivity contribution in [3.8, 4) is 0 Å². The Bertz CT molecular complexity index is 890. The summed E-state index contributed by atoms with van der Waals surface area (Å²) in [6, 6.07) is 2.68. The van der Waals surface area contributed by atoms with E-state index in [1.165, 1.54) is 13.8 Å². The SMILES string of the molecule is CC(=O)c1c(C)[nH]c(C(=O)OC(C)C(=O)Nc2ccc(F)cc2F)c1C. The Morgan fingerprint density at radius 1 is 1.19 bits per heavy atom. The Morgan fingerprint density at radius 2 is 1.85 bits per heavy atom. The van der Waals surface area contributed by atoms with Crippen LogP contribution < -0.4 is 5.32 Å². The number of aromatic nitrogens is 1. The van der Waals surface area contributed by atoms with Gasteiger partial charge in [-0.25, -0.2) is 13.6 Å². The lowest BCUT2D eigenvalue weighted by molar-refractivity contribution is -0.123. The fraction of sp³-hybridized carbons (Fsp3) is 0.278. The van der Waals surface area contributed by atoms with E-state index in [1.54, 1.807) is 13.8 Å². The van der Waals surface area contributed by atoms with Gasteiger partial charge >= 0.3 is 5.97 Å². The molecule has 1 heterocycles. The number of carbonyl (C=O) groups excluding carboxylic acids is 3. The number of amides is 1. The molecule has 0 aliphatic carbocycles. The van der Waals surface area contributed by atoms with Crippen molar-refractivity contribution in [1.29, 1.82) is 0 Å². The van der Waals surface area contributed by atoms with Crippen LogP contribution in [0.2, 0.25) is 0 Å². The van der Waals surface area contributed by atoms with Crippen molar-refractivity contribution >= 4 is 23.3 Å². The molecule has 0 spiro atoms. The number of rotatable bonds is 5. The number of esters is 1. The van der Waals surface area contributed by atoms with E-state index in [-0.39, 0.29) is 17.2 Å². The van der Waals surface area contributed by atoms with Crippen molar-refractivity contribution in [3.05, 3.63) is 52.3 Å². The van der Waals surface area contributed by atoms with Gasteiger partial charge in [0.2, 0.25) is 0 Å². The van der Waals surface area contributed by atoms with Crippen LogP contribution in [0.25, 0.3) is 0 Å². The van der Waals surface area contributed by atoms with Gasteiger partial charge in [-0.15, -0.1) is 0 Å². The number of aromatic amines is 1. The fourth-order valence-electron chi connectivity index (χ4n) is 2.58. The standard InChI is InChI=1S/C18H18F2N2O4/c1-8-15(10(3)23)9(2)21-16(8)18(25)26-11(4)17(24)22-14-6-5-12(19)7-13(14)20/h5-7,11,21H,1-4H3,(H,22,24). The van der Waals surface area contributed by atoms with E-state index in [0.29, 0.717) is 22.9 Å². The summed E-state index contributed by atoms with van der Waals surface area (Å²) in [5, 5.41) is 2.22. The summed E-state index contributed by atoms with van der Waals surface area (Å²) in [5.74, 6) is -3.53. The van der Waals surface area contributed by atoms with Gasteiger partial charge in [-0.3, -0.25) is 9.59 Å². The minimum atomic E-state index is -1.24. The highest BCUT2D eigenvalue weighted by Crippen LogP contribution is 2.20. The molecule has 2 rings (SSSR count). The number of ketones is 1. The molecule has 8 heteroatoms. The third kappa shape index (κ3) is 3.96. The van der Waals surface area contributed by atoms with E-state index >= 15 is 0 Å². The average Bonchev–Trinajstić information content (AvgIpc) is 2.84. The van der Waals surface area contributed by atoms with E-state index in [4.69, 9.17) is 4.74 Å². The Labute approximate surface area is 148 Å². The Morgan fingerprint density at radius 3 is 2.38 bits per heavy atom. The van der Waals surface area contributed by atoms with Gasteiger partial charge in [0.15, 0.2) is 11.9 Å². The second-order valence-corrected chi connectivity index (χ2v) is 5.84. The number of H-pyrrole nitrogens is 1. The van der Waals surface area contributed by atoms with Crippen LogP contribution in [0.15, 0.2) is 18.2 Å². The quantitative estimate of drug-likeness (QED) is 0.629. The average molecular weight is 364 g/mol. The van der Waals surface area contributed by atoms with Crippen LogP contribution in [-0.2, 0) is 9.53 Å². The molecule has 0 saturated carbocycles. The van der Waals surface area contributed by atoms with E-state index in [9.17, 15) is 23.2 Å². The van der Waals surface area contributed by atoms with Crippen LogP contribution in [0.3, 0.4) is 0 Å². The van der Waals surface area contributed by atoms with Gasteiger partial charge in [-0.05, 0) is 45.4 Å². The fourth-order valence-corrected chi connectivity index (χ4v) is 2.58. The maximum atomic E-state index is 13.6. The predicted molar refractivity (Wildman–Crippen MR) is 90.1 cm³/mol. The normalized spacial score (nSPS) is 11.8. The zero-order chi connectivity index (χ0) is 19.6. The molecule has 0 radical (unpaired) electrons. The predicted octanol–water partition coefficient (Wildman–Crippen LogP) is 3.30. The van der Waals surface area contributed by atoms with Crippen molar-refractivity contribution in [2.24, 2.45) is 0 Å². The molecule has 1 unspecified atom stereocenters. The monoisotopic (exact) mass is 364 g/mol. The van der Waals surface area contributed by atoms with Crippen LogP contribution in [0.1, 0.15) is 46.0 Å².